The zero-order chi connectivity index (χ0) is 13.0. The standard InChI is InChI=1S/C13H18BrNO2S/c1-15-13(10-5-6-17-8-10)9-18(16)12-4-2-3-11(14)7-12/h2-4,7,10,13,15H,5-6,8-9H2,1H3. The van der Waals surface area contributed by atoms with Gasteiger partial charge in [0.2, 0.25) is 0 Å². The van der Waals surface area contributed by atoms with Crippen LogP contribution in [0.15, 0.2) is 33.6 Å². The number of nitrogens with one attached hydrogen (secondary N) is 1. The van der Waals surface area contributed by atoms with Crippen molar-refractivity contribution in [2.24, 2.45) is 5.92 Å². The zero-order valence-electron chi connectivity index (χ0n) is 10.4. The lowest BCUT2D eigenvalue weighted by Crippen LogP contribution is -2.38. The Hall–Kier alpha value is -0.230. The first-order valence-electron chi connectivity index (χ1n) is 6.09. The summed E-state index contributed by atoms with van der Waals surface area (Å²) in [5.41, 5.74) is 0. The number of benzene rings is 1. The molecule has 3 atom stereocenters. The van der Waals surface area contributed by atoms with Crippen LogP contribution >= 0.6 is 15.9 Å². The molecule has 1 aliphatic rings. The monoisotopic (exact) mass is 331 g/mol. The van der Waals surface area contributed by atoms with E-state index in [4.69, 9.17) is 4.74 Å². The molecule has 1 aromatic rings. The van der Waals surface area contributed by atoms with Crippen molar-refractivity contribution in [3.63, 3.8) is 0 Å². The third kappa shape index (κ3) is 3.63. The third-order valence-corrected chi connectivity index (χ3v) is 5.23. The summed E-state index contributed by atoms with van der Waals surface area (Å²) in [5.74, 6) is 1.12. The van der Waals surface area contributed by atoms with Crippen LogP contribution in [-0.4, -0.2) is 36.3 Å². The molecule has 0 radical (unpaired) electrons. The van der Waals surface area contributed by atoms with Gasteiger partial charge in [0.15, 0.2) is 0 Å². The second kappa shape index (κ2) is 6.80. The van der Waals surface area contributed by atoms with Gasteiger partial charge in [-0.1, -0.05) is 22.0 Å². The summed E-state index contributed by atoms with van der Waals surface area (Å²) in [7, 11) is 0.964. The van der Waals surface area contributed by atoms with Crippen molar-refractivity contribution in [2.75, 3.05) is 26.0 Å². The number of halogens is 1. The fourth-order valence-electron chi connectivity index (χ4n) is 2.19. The van der Waals surface area contributed by atoms with Crippen LogP contribution in [0, 0.1) is 5.92 Å². The molecule has 1 N–H and O–H groups in total. The highest BCUT2D eigenvalue weighted by molar-refractivity contribution is 9.10. The van der Waals surface area contributed by atoms with Gasteiger partial charge >= 0.3 is 0 Å². The van der Waals surface area contributed by atoms with E-state index in [1.54, 1.807) is 0 Å². The Labute approximate surface area is 119 Å². The first-order valence-corrected chi connectivity index (χ1v) is 8.21. The molecule has 0 saturated carbocycles. The fourth-order valence-corrected chi connectivity index (χ4v) is 4.19. The lowest BCUT2D eigenvalue weighted by Gasteiger charge is -2.21. The highest BCUT2D eigenvalue weighted by Gasteiger charge is 2.26. The predicted octanol–water partition coefficient (Wildman–Crippen LogP) is 2.18. The van der Waals surface area contributed by atoms with Crippen LogP contribution < -0.4 is 5.32 Å². The van der Waals surface area contributed by atoms with Crippen LogP contribution in [0.25, 0.3) is 0 Å². The average Bonchev–Trinajstić information content (AvgIpc) is 2.89. The number of ether oxygens (including phenoxy) is 1. The quantitative estimate of drug-likeness (QED) is 0.898. The van der Waals surface area contributed by atoms with Crippen molar-refractivity contribution in [3.05, 3.63) is 28.7 Å². The largest absolute Gasteiger partial charge is 0.381 e. The summed E-state index contributed by atoms with van der Waals surface area (Å²) in [6.45, 7) is 1.60. The van der Waals surface area contributed by atoms with E-state index in [1.807, 2.05) is 31.3 Å². The van der Waals surface area contributed by atoms with E-state index in [1.165, 1.54) is 0 Å². The van der Waals surface area contributed by atoms with Gasteiger partial charge in [0, 0.05) is 33.7 Å². The van der Waals surface area contributed by atoms with Gasteiger partial charge < -0.3 is 10.1 Å². The Balaban J connectivity index is 2.00. The highest BCUT2D eigenvalue weighted by atomic mass is 79.9. The number of rotatable bonds is 5. The molecule has 3 nitrogen and oxygen atoms in total. The summed E-state index contributed by atoms with van der Waals surface area (Å²) in [4.78, 5) is 0.878. The molecule has 0 spiro atoms. The minimum Gasteiger partial charge on any atom is -0.381 e. The van der Waals surface area contributed by atoms with Gasteiger partial charge in [0.1, 0.15) is 0 Å². The summed E-state index contributed by atoms with van der Waals surface area (Å²) in [5, 5.41) is 3.27. The van der Waals surface area contributed by atoms with Crippen LogP contribution in [0.5, 0.6) is 0 Å². The zero-order valence-corrected chi connectivity index (χ0v) is 12.8. The molecule has 1 saturated heterocycles. The van der Waals surface area contributed by atoms with Crippen LogP contribution in [0.4, 0.5) is 0 Å². The minimum absolute atomic E-state index is 0.257. The van der Waals surface area contributed by atoms with E-state index < -0.39 is 10.8 Å². The van der Waals surface area contributed by atoms with Crippen LogP contribution in [0.3, 0.4) is 0 Å². The first-order chi connectivity index (χ1) is 8.70. The lowest BCUT2D eigenvalue weighted by atomic mass is 10.0. The van der Waals surface area contributed by atoms with E-state index >= 15 is 0 Å². The summed E-state index contributed by atoms with van der Waals surface area (Å²) < 4.78 is 18.7. The van der Waals surface area contributed by atoms with Crippen molar-refractivity contribution >= 4 is 26.7 Å². The molecule has 3 unspecified atom stereocenters. The minimum atomic E-state index is -0.968. The molecule has 100 valence electrons. The van der Waals surface area contributed by atoms with Crippen molar-refractivity contribution in [1.82, 2.24) is 5.32 Å². The van der Waals surface area contributed by atoms with E-state index in [2.05, 4.69) is 21.2 Å². The van der Waals surface area contributed by atoms with Crippen molar-refractivity contribution in [1.29, 1.82) is 0 Å². The maximum absolute atomic E-state index is 12.3. The molecule has 0 amide bonds. The number of hydrogen-bond donors (Lipinski definition) is 1. The first kappa shape index (κ1) is 14.2. The molecular weight excluding hydrogens is 314 g/mol. The SMILES string of the molecule is CNC(CS(=O)c1cccc(Br)c1)C1CCOC1. The van der Waals surface area contributed by atoms with E-state index in [9.17, 15) is 4.21 Å². The van der Waals surface area contributed by atoms with Gasteiger partial charge in [0.25, 0.3) is 0 Å². The van der Waals surface area contributed by atoms with Crippen molar-refractivity contribution < 1.29 is 8.95 Å². The maximum Gasteiger partial charge on any atom is 0.0545 e. The topological polar surface area (TPSA) is 38.3 Å². The highest BCUT2D eigenvalue weighted by Crippen LogP contribution is 2.20. The fraction of sp³-hybridized carbons (Fsp3) is 0.538. The van der Waals surface area contributed by atoms with Gasteiger partial charge in [-0.3, -0.25) is 4.21 Å². The second-order valence-corrected chi connectivity index (χ2v) is 6.90. The molecule has 0 aromatic heterocycles. The molecule has 1 aliphatic heterocycles. The summed E-state index contributed by atoms with van der Waals surface area (Å²) >= 11 is 3.41. The average molecular weight is 332 g/mol. The van der Waals surface area contributed by atoms with Crippen LogP contribution in [0.2, 0.25) is 0 Å². The Bertz CT molecular complexity index is 421. The van der Waals surface area contributed by atoms with Gasteiger partial charge in [-0.15, -0.1) is 0 Å². The van der Waals surface area contributed by atoms with E-state index in [0.717, 1.165) is 29.0 Å². The molecule has 2 rings (SSSR count). The summed E-state index contributed by atoms with van der Waals surface area (Å²) in [6, 6.07) is 7.96. The van der Waals surface area contributed by atoms with Crippen LogP contribution in [0.1, 0.15) is 6.42 Å². The van der Waals surface area contributed by atoms with E-state index in [-0.39, 0.29) is 6.04 Å². The number of hydrogen-bond acceptors (Lipinski definition) is 3. The molecule has 18 heavy (non-hydrogen) atoms. The Kier molecular flexibility index (Phi) is 5.36. The molecule has 0 aliphatic carbocycles. The lowest BCUT2D eigenvalue weighted by molar-refractivity contribution is 0.179. The molecule has 1 aromatic carbocycles. The normalized spacial score (nSPS) is 22.9. The Morgan fingerprint density at radius 1 is 1.61 bits per heavy atom. The van der Waals surface area contributed by atoms with Crippen molar-refractivity contribution in [3.8, 4) is 0 Å². The van der Waals surface area contributed by atoms with Gasteiger partial charge in [-0.05, 0) is 31.7 Å². The maximum atomic E-state index is 12.3. The second-order valence-electron chi connectivity index (χ2n) is 4.49. The smallest absolute Gasteiger partial charge is 0.0545 e. The predicted molar refractivity (Wildman–Crippen MR) is 77.2 cm³/mol. The van der Waals surface area contributed by atoms with E-state index in [0.29, 0.717) is 11.7 Å². The molecule has 5 heteroatoms. The molecular formula is C13H18BrNO2S. The Morgan fingerprint density at radius 2 is 2.44 bits per heavy atom. The third-order valence-electron chi connectivity index (χ3n) is 3.29. The molecule has 1 heterocycles. The Morgan fingerprint density at radius 3 is 3.06 bits per heavy atom. The van der Waals surface area contributed by atoms with Gasteiger partial charge in [0.05, 0.1) is 17.4 Å². The summed E-state index contributed by atoms with van der Waals surface area (Å²) in [6.07, 6.45) is 1.06. The van der Waals surface area contributed by atoms with Crippen molar-refractivity contribution in [2.45, 2.75) is 17.4 Å². The van der Waals surface area contributed by atoms with Crippen LogP contribution in [-0.2, 0) is 15.5 Å². The molecule has 0 bridgehead atoms. The van der Waals surface area contributed by atoms with Gasteiger partial charge in [-0.25, -0.2) is 0 Å². The van der Waals surface area contributed by atoms with Gasteiger partial charge in [-0.2, -0.15) is 0 Å². The molecule has 1 fully saturated rings.